The normalized spacial score (nSPS) is 18.9. The lowest BCUT2D eigenvalue weighted by Crippen LogP contribution is -2.35. The molecule has 0 bridgehead atoms. The summed E-state index contributed by atoms with van der Waals surface area (Å²) >= 11 is 0. The number of aryl methyl sites for hydroxylation is 1. The number of nitrogens with one attached hydrogen (secondary N) is 1. The molecular weight excluding hydrogens is 230 g/mol. The summed E-state index contributed by atoms with van der Waals surface area (Å²) in [6.45, 7) is 3.82. The fourth-order valence-electron chi connectivity index (χ4n) is 2.43. The molecule has 1 aromatic rings. The smallest absolute Gasteiger partial charge is 0.272 e. The maximum Gasteiger partial charge on any atom is 0.272 e. The van der Waals surface area contributed by atoms with Crippen LogP contribution >= 0.6 is 0 Å². The van der Waals surface area contributed by atoms with Gasteiger partial charge in [0.1, 0.15) is 0 Å². The summed E-state index contributed by atoms with van der Waals surface area (Å²) in [6.07, 6.45) is 2.44. The van der Waals surface area contributed by atoms with Crippen LogP contribution in [-0.2, 0) is 0 Å². The van der Waals surface area contributed by atoms with Crippen molar-refractivity contribution < 1.29 is 4.92 Å². The van der Waals surface area contributed by atoms with Crippen molar-refractivity contribution in [2.45, 2.75) is 25.8 Å². The number of rotatable bonds is 4. The van der Waals surface area contributed by atoms with Crippen molar-refractivity contribution in [1.29, 1.82) is 0 Å². The summed E-state index contributed by atoms with van der Waals surface area (Å²) < 4.78 is 0. The Kier molecular flexibility index (Phi) is 3.81. The van der Waals surface area contributed by atoms with E-state index in [0.29, 0.717) is 11.6 Å². The van der Waals surface area contributed by atoms with Crippen molar-refractivity contribution in [2.75, 3.05) is 25.0 Å². The van der Waals surface area contributed by atoms with Gasteiger partial charge in [0.2, 0.25) is 0 Å². The highest BCUT2D eigenvalue weighted by Gasteiger charge is 2.17. The van der Waals surface area contributed by atoms with Crippen LogP contribution in [0.5, 0.6) is 0 Å². The molecule has 98 valence electrons. The van der Waals surface area contributed by atoms with Crippen molar-refractivity contribution in [3.63, 3.8) is 0 Å². The van der Waals surface area contributed by atoms with Crippen LogP contribution in [0.4, 0.5) is 11.4 Å². The molecule has 1 atom stereocenters. The fraction of sp³-hybridized carbons (Fsp3) is 0.538. The van der Waals surface area contributed by atoms with E-state index >= 15 is 0 Å². The van der Waals surface area contributed by atoms with Crippen LogP contribution in [0, 0.1) is 17.0 Å². The topological polar surface area (TPSA) is 58.4 Å². The molecule has 1 saturated heterocycles. The van der Waals surface area contributed by atoms with E-state index in [4.69, 9.17) is 0 Å². The number of hydrogen-bond donors (Lipinski definition) is 1. The van der Waals surface area contributed by atoms with Crippen molar-refractivity contribution in [2.24, 2.45) is 0 Å². The minimum absolute atomic E-state index is 0.186. The first-order chi connectivity index (χ1) is 8.58. The lowest BCUT2D eigenvalue weighted by atomic mass is 10.1. The van der Waals surface area contributed by atoms with Crippen molar-refractivity contribution in [3.8, 4) is 0 Å². The zero-order valence-electron chi connectivity index (χ0n) is 10.8. The molecule has 5 nitrogen and oxygen atoms in total. The van der Waals surface area contributed by atoms with Gasteiger partial charge in [-0.15, -0.1) is 0 Å². The monoisotopic (exact) mass is 249 g/mol. The summed E-state index contributed by atoms with van der Waals surface area (Å²) in [7, 11) is 2.03. The zero-order valence-corrected chi connectivity index (χ0v) is 10.8. The van der Waals surface area contributed by atoms with Gasteiger partial charge in [-0.3, -0.25) is 10.1 Å². The average Bonchev–Trinajstić information content (AvgIpc) is 2.81. The molecule has 5 heteroatoms. The second-order valence-electron chi connectivity index (χ2n) is 4.90. The van der Waals surface area contributed by atoms with E-state index < -0.39 is 0 Å². The number of nitrogens with zero attached hydrogens (tertiary/aromatic N) is 2. The number of anilines is 1. The lowest BCUT2D eigenvalue weighted by molar-refractivity contribution is -0.385. The van der Waals surface area contributed by atoms with Gasteiger partial charge in [0.05, 0.1) is 4.92 Å². The third-order valence-electron chi connectivity index (χ3n) is 3.47. The third kappa shape index (κ3) is 2.79. The summed E-state index contributed by atoms with van der Waals surface area (Å²) in [5.41, 5.74) is 1.93. The van der Waals surface area contributed by atoms with Crippen LogP contribution < -0.4 is 10.2 Å². The molecule has 0 aromatic heterocycles. The van der Waals surface area contributed by atoms with Crippen LogP contribution in [0.3, 0.4) is 0 Å². The summed E-state index contributed by atoms with van der Waals surface area (Å²) in [6, 6.07) is 5.82. The van der Waals surface area contributed by atoms with Gasteiger partial charge in [-0.25, -0.2) is 0 Å². The number of hydrogen-bond acceptors (Lipinski definition) is 4. The van der Waals surface area contributed by atoms with E-state index in [0.717, 1.165) is 18.8 Å². The molecule has 0 spiro atoms. The van der Waals surface area contributed by atoms with E-state index in [-0.39, 0.29) is 10.6 Å². The molecule has 1 aliphatic heterocycles. The maximum absolute atomic E-state index is 10.8. The first-order valence-electron chi connectivity index (χ1n) is 6.27. The molecule has 0 aliphatic carbocycles. The predicted octanol–water partition coefficient (Wildman–Crippen LogP) is 2.09. The van der Waals surface area contributed by atoms with Gasteiger partial charge in [-0.2, -0.15) is 0 Å². The van der Waals surface area contributed by atoms with Crippen LogP contribution in [0.2, 0.25) is 0 Å². The number of benzene rings is 1. The average molecular weight is 249 g/mol. The van der Waals surface area contributed by atoms with Crippen molar-refractivity contribution in [3.05, 3.63) is 33.9 Å². The molecule has 2 rings (SSSR count). The standard InChI is InChI=1S/C13H19N3O2/c1-10-8-12(5-6-13(10)16(17)18)15(2)9-11-4-3-7-14-11/h5-6,8,11,14H,3-4,7,9H2,1-2H3. The Labute approximate surface area is 107 Å². The molecule has 18 heavy (non-hydrogen) atoms. The second-order valence-corrected chi connectivity index (χ2v) is 4.90. The summed E-state index contributed by atoms with van der Waals surface area (Å²) in [5, 5.41) is 14.2. The Morgan fingerprint density at radius 3 is 2.89 bits per heavy atom. The van der Waals surface area contributed by atoms with Gasteiger partial charge in [-0.1, -0.05) is 0 Å². The van der Waals surface area contributed by atoms with Crippen molar-refractivity contribution >= 4 is 11.4 Å². The van der Waals surface area contributed by atoms with E-state index in [1.54, 1.807) is 13.0 Å². The van der Waals surface area contributed by atoms with Crippen LogP contribution in [0.25, 0.3) is 0 Å². The Morgan fingerprint density at radius 1 is 1.56 bits per heavy atom. The Bertz CT molecular complexity index is 442. The molecule has 1 aromatic carbocycles. The molecule has 1 heterocycles. The molecule has 1 N–H and O–H groups in total. The van der Waals surface area contributed by atoms with Gasteiger partial charge >= 0.3 is 0 Å². The molecule has 0 radical (unpaired) electrons. The van der Waals surface area contributed by atoms with Gasteiger partial charge in [-0.05, 0) is 38.4 Å². The highest BCUT2D eigenvalue weighted by molar-refractivity contribution is 5.54. The van der Waals surface area contributed by atoms with E-state index in [1.165, 1.54) is 12.8 Å². The van der Waals surface area contributed by atoms with Crippen molar-refractivity contribution in [1.82, 2.24) is 5.32 Å². The van der Waals surface area contributed by atoms with Gasteiger partial charge < -0.3 is 10.2 Å². The van der Waals surface area contributed by atoms with E-state index in [2.05, 4.69) is 10.2 Å². The minimum atomic E-state index is -0.336. The Balaban J connectivity index is 2.08. The molecule has 0 saturated carbocycles. The molecule has 1 aliphatic rings. The molecule has 0 amide bonds. The number of nitro groups is 1. The SMILES string of the molecule is Cc1cc(N(C)CC2CCCN2)ccc1[N+](=O)[O-]. The first kappa shape index (κ1) is 12.8. The molecular formula is C13H19N3O2. The van der Waals surface area contributed by atoms with E-state index in [1.807, 2.05) is 19.2 Å². The summed E-state index contributed by atoms with van der Waals surface area (Å²) in [4.78, 5) is 12.6. The number of likely N-dealkylation sites (N-methyl/N-ethyl adjacent to an activating group) is 1. The van der Waals surface area contributed by atoms with Crippen LogP contribution in [-0.4, -0.2) is 31.1 Å². The largest absolute Gasteiger partial charge is 0.373 e. The van der Waals surface area contributed by atoms with Gasteiger partial charge in [0.25, 0.3) is 5.69 Å². The second kappa shape index (κ2) is 5.35. The van der Waals surface area contributed by atoms with E-state index in [9.17, 15) is 10.1 Å². The zero-order chi connectivity index (χ0) is 13.1. The molecule has 1 fully saturated rings. The minimum Gasteiger partial charge on any atom is -0.373 e. The highest BCUT2D eigenvalue weighted by atomic mass is 16.6. The quantitative estimate of drug-likeness (QED) is 0.655. The number of nitro benzene ring substituents is 1. The Morgan fingerprint density at radius 2 is 2.33 bits per heavy atom. The van der Waals surface area contributed by atoms with Crippen LogP contribution in [0.15, 0.2) is 18.2 Å². The lowest BCUT2D eigenvalue weighted by Gasteiger charge is -2.23. The molecule has 1 unspecified atom stereocenters. The Hall–Kier alpha value is -1.62. The van der Waals surface area contributed by atoms with Crippen LogP contribution in [0.1, 0.15) is 18.4 Å². The fourth-order valence-corrected chi connectivity index (χ4v) is 2.43. The highest BCUT2D eigenvalue weighted by Crippen LogP contribution is 2.24. The predicted molar refractivity (Wildman–Crippen MR) is 72.1 cm³/mol. The third-order valence-corrected chi connectivity index (χ3v) is 3.47. The maximum atomic E-state index is 10.8. The first-order valence-corrected chi connectivity index (χ1v) is 6.27. The van der Waals surface area contributed by atoms with Gasteiger partial charge in [0, 0.05) is 37.0 Å². The summed E-state index contributed by atoms with van der Waals surface area (Å²) in [5.74, 6) is 0. The van der Waals surface area contributed by atoms with Gasteiger partial charge in [0.15, 0.2) is 0 Å².